The van der Waals surface area contributed by atoms with Gasteiger partial charge in [-0.25, -0.2) is 4.79 Å². The van der Waals surface area contributed by atoms with E-state index < -0.39 is 12.0 Å². The summed E-state index contributed by atoms with van der Waals surface area (Å²) in [5.41, 5.74) is 1.79. The number of H-pyrrole nitrogens is 1. The fourth-order valence-corrected chi connectivity index (χ4v) is 3.97. The highest BCUT2D eigenvalue weighted by atomic mass is 32.2. The molecule has 0 saturated carbocycles. The Labute approximate surface area is 157 Å². The molecule has 3 rings (SSSR count). The minimum Gasteiger partial charge on any atom is -0.480 e. The van der Waals surface area contributed by atoms with Crippen molar-refractivity contribution in [2.45, 2.75) is 16.8 Å². The molecule has 1 amide bonds. The Morgan fingerprint density at radius 3 is 2.88 bits per heavy atom. The Bertz CT molecular complexity index is 923. The van der Waals surface area contributed by atoms with Gasteiger partial charge in [-0.3, -0.25) is 4.79 Å². The molecule has 1 atom stereocenters. The number of carboxylic acid groups (broad SMARTS) is 1. The molecule has 10 heteroatoms. The zero-order valence-corrected chi connectivity index (χ0v) is 15.5. The SMILES string of the molecule is CNc1nnc(SCC(=O)N[C@@H](Cc2c[nH]c3ccccc23)C(=O)O)s1. The first-order chi connectivity index (χ1) is 12.6. The molecule has 0 spiro atoms. The molecule has 0 bridgehead atoms. The predicted octanol–water partition coefficient (Wildman–Crippen LogP) is 1.97. The van der Waals surface area contributed by atoms with Gasteiger partial charge in [0, 0.05) is 30.6 Å². The van der Waals surface area contributed by atoms with E-state index in [0.29, 0.717) is 9.47 Å². The molecular formula is C16H17N5O3S2. The summed E-state index contributed by atoms with van der Waals surface area (Å²) < 4.78 is 0.646. The number of nitrogens with zero attached hydrogens (tertiary/aromatic N) is 2. The molecule has 4 N–H and O–H groups in total. The molecule has 0 aliphatic heterocycles. The van der Waals surface area contributed by atoms with Crippen molar-refractivity contribution in [1.82, 2.24) is 20.5 Å². The van der Waals surface area contributed by atoms with Crippen LogP contribution in [0.2, 0.25) is 0 Å². The summed E-state index contributed by atoms with van der Waals surface area (Å²) in [6.07, 6.45) is 1.99. The second-order valence-corrected chi connectivity index (χ2v) is 7.63. The van der Waals surface area contributed by atoms with Crippen LogP contribution in [0.5, 0.6) is 0 Å². The third-order valence-corrected chi connectivity index (χ3v) is 5.75. The number of carbonyl (C=O) groups excluding carboxylic acids is 1. The Hall–Kier alpha value is -2.59. The number of nitrogens with one attached hydrogen (secondary N) is 3. The molecule has 2 heterocycles. The van der Waals surface area contributed by atoms with Gasteiger partial charge >= 0.3 is 5.97 Å². The van der Waals surface area contributed by atoms with Gasteiger partial charge in [-0.2, -0.15) is 0 Å². The molecule has 0 aliphatic carbocycles. The van der Waals surface area contributed by atoms with E-state index in [1.807, 2.05) is 24.3 Å². The van der Waals surface area contributed by atoms with Gasteiger partial charge in [0.15, 0.2) is 4.34 Å². The molecule has 3 aromatic rings. The number of hydrogen-bond acceptors (Lipinski definition) is 7. The van der Waals surface area contributed by atoms with Crippen LogP contribution in [0, 0.1) is 0 Å². The monoisotopic (exact) mass is 391 g/mol. The maximum Gasteiger partial charge on any atom is 0.326 e. The number of hydrogen-bond donors (Lipinski definition) is 4. The van der Waals surface area contributed by atoms with Gasteiger partial charge < -0.3 is 20.7 Å². The number of thioether (sulfide) groups is 1. The molecule has 0 saturated heterocycles. The zero-order valence-electron chi connectivity index (χ0n) is 13.9. The lowest BCUT2D eigenvalue weighted by Gasteiger charge is -2.13. The molecule has 0 radical (unpaired) electrons. The fraction of sp³-hybridized carbons (Fsp3) is 0.250. The van der Waals surface area contributed by atoms with Crippen molar-refractivity contribution in [1.29, 1.82) is 0 Å². The van der Waals surface area contributed by atoms with Crippen molar-refractivity contribution in [2.75, 3.05) is 18.1 Å². The van der Waals surface area contributed by atoms with E-state index in [9.17, 15) is 14.7 Å². The van der Waals surface area contributed by atoms with Gasteiger partial charge in [-0.15, -0.1) is 10.2 Å². The Morgan fingerprint density at radius 1 is 1.35 bits per heavy atom. The fourth-order valence-electron chi connectivity index (χ4n) is 2.45. The average molecular weight is 391 g/mol. The lowest BCUT2D eigenvalue weighted by molar-refractivity contribution is -0.141. The van der Waals surface area contributed by atoms with E-state index in [1.54, 1.807) is 13.2 Å². The van der Waals surface area contributed by atoms with E-state index in [0.717, 1.165) is 16.5 Å². The third kappa shape index (κ3) is 4.33. The summed E-state index contributed by atoms with van der Waals surface area (Å²) in [4.78, 5) is 26.8. The number of amides is 1. The van der Waals surface area contributed by atoms with E-state index in [2.05, 4.69) is 25.8 Å². The number of rotatable bonds is 8. The first-order valence-corrected chi connectivity index (χ1v) is 9.58. The molecule has 1 aromatic carbocycles. The minimum atomic E-state index is -1.07. The van der Waals surface area contributed by atoms with Crippen LogP contribution in [0.25, 0.3) is 10.9 Å². The summed E-state index contributed by atoms with van der Waals surface area (Å²) in [7, 11) is 1.74. The standard InChI is InChI=1S/C16H17N5O3S2/c1-17-15-20-21-16(26-15)25-8-13(22)19-12(14(23)24)6-9-7-18-11-5-3-2-4-10(9)11/h2-5,7,12,18H,6,8H2,1H3,(H,17,20)(H,19,22)(H,23,24)/t12-/m0/s1. The maximum atomic E-state index is 12.1. The van der Waals surface area contributed by atoms with E-state index in [1.165, 1.54) is 23.1 Å². The Kier molecular flexibility index (Phi) is 5.74. The van der Waals surface area contributed by atoms with Crippen molar-refractivity contribution in [2.24, 2.45) is 0 Å². The highest BCUT2D eigenvalue weighted by Crippen LogP contribution is 2.25. The van der Waals surface area contributed by atoms with Crippen LogP contribution in [0.15, 0.2) is 34.8 Å². The quantitative estimate of drug-likeness (QED) is 0.433. The summed E-state index contributed by atoms with van der Waals surface area (Å²) >= 11 is 2.56. The van der Waals surface area contributed by atoms with E-state index in [4.69, 9.17) is 0 Å². The molecule has 2 aromatic heterocycles. The number of aromatic nitrogens is 3. The average Bonchev–Trinajstić information content (AvgIpc) is 3.26. The summed E-state index contributed by atoms with van der Waals surface area (Å²) in [6.45, 7) is 0. The second-order valence-electron chi connectivity index (χ2n) is 5.43. The summed E-state index contributed by atoms with van der Waals surface area (Å²) in [5, 5.41) is 24.3. The van der Waals surface area contributed by atoms with Crippen molar-refractivity contribution in [3.8, 4) is 0 Å². The van der Waals surface area contributed by atoms with E-state index in [-0.39, 0.29) is 18.1 Å². The number of para-hydroxylation sites is 1. The number of anilines is 1. The largest absolute Gasteiger partial charge is 0.480 e. The molecule has 0 aliphatic rings. The topological polar surface area (TPSA) is 120 Å². The van der Waals surface area contributed by atoms with Crippen LogP contribution in [-0.4, -0.2) is 51.0 Å². The smallest absolute Gasteiger partial charge is 0.326 e. The molecule has 136 valence electrons. The van der Waals surface area contributed by atoms with Gasteiger partial charge in [-0.05, 0) is 11.6 Å². The van der Waals surface area contributed by atoms with E-state index >= 15 is 0 Å². The third-order valence-electron chi connectivity index (χ3n) is 3.68. The number of benzene rings is 1. The predicted molar refractivity (Wildman–Crippen MR) is 102 cm³/mol. The van der Waals surface area contributed by atoms with Crippen LogP contribution in [0.4, 0.5) is 5.13 Å². The first-order valence-electron chi connectivity index (χ1n) is 7.78. The van der Waals surface area contributed by atoms with Gasteiger partial charge in [0.1, 0.15) is 6.04 Å². The van der Waals surface area contributed by atoms with Crippen LogP contribution in [0.1, 0.15) is 5.56 Å². The van der Waals surface area contributed by atoms with Crippen molar-refractivity contribution in [3.05, 3.63) is 36.0 Å². The van der Waals surface area contributed by atoms with Crippen LogP contribution in [0.3, 0.4) is 0 Å². The van der Waals surface area contributed by atoms with Crippen molar-refractivity contribution in [3.63, 3.8) is 0 Å². The number of fused-ring (bicyclic) bond motifs is 1. The Balaban J connectivity index is 1.61. The van der Waals surface area contributed by atoms with Gasteiger partial charge in [0.25, 0.3) is 0 Å². The number of carboxylic acids is 1. The van der Waals surface area contributed by atoms with Crippen molar-refractivity contribution < 1.29 is 14.7 Å². The van der Waals surface area contributed by atoms with Crippen molar-refractivity contribution >= 4 is 51.0 Å². The van der Waals surface area contributed by atoms with Crippen LogP contribution in [-0.2, 0) is 16.0 Å². The number of aromatic amines is 1. The lowest BCUT2D eigenvalue weighted by Crippen LogP contribution is -2.43. The van der Waals surface area contributed by atoms with Gasteiger partial charge in [-0.1, -0.05) is 41.3 Å². The number of carbonyl (C=O) groups is 2. The molecule has 0 fully saturated rings. The molecular weight excluding hydrogens is 374 g/mol. The second kappa shape index (κ2) is 8.19. The Morgan fingerprint density at radius 2 is 2.15 bits per heavy atom. The van der Waals surface area contributed by atoms with Crippen LogP contribution >= 0.6 is 23.1 Å². The van der Waals surface area contributed by atoms with Crippen LogP contribution < -0.4 is 10.6 Å². The highest BCUT2D eigenvalue weighted by molar-refractivity contribution is 8.01. The lowest BCUT2D eigenvalue weighted by atomic mass is 10.1. The zero-order chi connectivity index (χ0) is 18.5. The summed E-state index contributed by atoms with van der Waals surface area (Å²) in [6, 6.07) is 6.65. The molecule has 26 heavy (non-hydrogen) atoms. The molecule has 8 nitrogen and oxygen atoms in total. The summed E-state index contributed by atoms with van der Waals surface area (Å²) in [5.74, 6) is -1.35. The highest BCUT2D eigenvalue weighted by Gasteiger charge is 2.22. The number of aliphatic carboxylic acids is 1. The minimum absolute atomic E-state index is 0.0794. The first kappa shape index (κ1) is 18.2. The van der Waals surface area contributed by atoms with Gasteiger partial charge in [0.05, 0.1) is 5.75 Å². The maximum absolute atomic E-state index is 12.1. The molecule has 0 unspecified atom stereocenters. The normalized spacial score (nSPS) is 12.0. The van der Waals surface area contributed by atoms with Gasteiger partial charge in [0.2, 0.25) is 11.0 Å².